The minimum Gasteiger partial charge on any atom is -0.379 e. The molecular weight excluding hydrogens is 546 g/mol. The molecule has 0 aliphatic heterocycles. The summed E-state index contributed by atoms with van der Waals surface area (Å²) in [7, 11) is 1.90. The van der Waals surface area contributed by atoms with Crippen LogP contribution in [-0.2, 0) is 13.6 Å². The fourth-order valence-electron chi connectivity index (χ4n) is 4.98. The summed E-state index contributed by atoms with van der Waals surface area (Å²) in [5.74, 6) is 0.305. The average molecular weight is 578 g/mol. The minimum absolute atomic E-state index is 0.102. The van der Waals surface area contributed by atoms with Crippen LogP contribution < -0.4 is 26.6 Å². The largest absolute Gasteiger partial charge is 0.379 e. The maximum atomic E-state index is 13.1. The second-order valence-electron chi connectivity index (χ2n) is 10.6. The Kier molecular flexibility index (Phi) is 7.59. The summed E-state index contributed by atoms with van der Waals surface area (Å²) in [6, 6.07) is 5.71. The Morgan fingerprint density at radius 2 is 1.76 bits per heavy atom. The number of amides is 3. The normalized spacial score (nSPS) is 18.6. The van der Waals surface area contributed by atoms with Crippen LogP contribution in [-0.4, -0.2) is 59.2 Å². The summed E-state index contributed by atoms with van der Waals surface area (Å²) in [5, 5.41) is 20.9. The van der Waals surface area contributed by atoms with E-state index in [2.05, 4.69) is 41.5 Å². The molecule has 4 aromatic heterocycles. The number of urea groups is 1. The number of nitrogens with zero attached hydrogens (tertiary/aromatic N) is 6. The van der Waals surface area contributed by atoms with Gasteiger partial charge in [0.15, 0.2) is 11.3 Å². The molecule has 2 saturated carbocycles. The number of carbonyl (C=O) groups is 2. The summed E-state index contributed by atoms with van der Waals surface area (Å²) >= 11 is 5.97. The molecule has 4 heterocycles. The molecule has 0 saturated heterocycles. The highest BCUT2D eigenvalue weighted by molar-refractivity contribution is 6.29. The predicted octanol–water partition coefficient (Wildman–Crippen LogP) is 3.56. The molecule has 13 nitrogen and oxygen atoms in total. The van der Waals surface area contributed by atoms with E-state index >= 15 is 0 Å². The van der Waals surface area contributed by atoms with Crippen molar-refractivity contribution in [3.63, 3.8) is 0 Å². The molecule has 0 atom stereocenters. The van der Waals surface area contributed by atoms with E-state index in [9.17, 15) is 9.59 Å². The molecule has 2 aliphatic carbocycles. The highest BCUT2D eigenvalue weighted by atomic mass is 35.5. The summed E-state index contributed by atoms with van der Waals surface area (Å²) in [6.45, 7) is 0.388. The van der Waals surface area contributed by atoms with Crippen molar-refractivity contribution in [1.29, 1.82) is 0 Å². The molecule has 41 heavy (non-hydrogen) atoms. The van der Waals surface area contributed by atoms with E-state index in [4.69, 9.17) is 16.7 Å². The lowest BCUT2D eigenvalue weighted by Gasteiger charge is -2.30. The van der Waals surface area contributed by atoms with Gasteiger partial charge in [-0.1, -0.05) is 11.6 Å². The number of fused-ring (bicyclic) bond motifs is 1. The van der Waals surface area contributed by atoms with Crippen LogP contribution in [0.3, 0.4) is 0 Å². The number of nitrogens with one attached hydrogen (secondary N) is 5. The molecule has 0 spiro atoms. The van der Waals surface area contributed by atoms with E-state index in [1.165, 1.54) is 12.4 Å². The number of aromatic nitrogens is 6. The fraction of sp³-hybridized carbons (Fsp3) is 0.407. The van der Waals surface area contributed by atoms with E-state index in [-0.39, 0.29) is 29.2 Å². The van der Waals surface area contributed by atoms with Crippen molar-refractivity contribution in [1.82, 2.24) is 39.8 Å². The van der Waals surface area contributed by atoms with E-state index < -0.39 is 0 Å². The Hall–Kier alpha value is -4.39. The second kappa shape index (κ2) is 11.6. The zero-order valence-electron chi connectivity index (χ0n) is 22.6. The highest BCUT2D eigenvalue weighted by Gasteiger charge is 2.26. The van der Waals surface area contributed by atoms with Crippen LogP contribution in [0.25, 0.3) is 5.65 Å². The first-order chi connectivity index (χ1) is 19.9. The number of halogens is 1. The standard InChI is InChI=1S/C27H32ClN11O2/c1-38-14-20(32-15-38)12-31-27(41)36-18-6-4-17(5-7-18)34-24-11-21(33-16-2-3-16)25-30-13-22(39(25)37-24)26(40)35-19-8-9-29-23(28)10-19/h8-11,13-18,33H,2-7,12H2,1H3,(H,34,37)(H,29,35,40)(H2,31,36,41). The first kappa shape index (κ1) is 26.8. The number of hydrogen-bond acceptors (Lipinski definition) is 8. The predicted molar refractivity (Wildman–Crippen MR) is 155 cm³/mol. The number of rotatable bonds is 9. The zero-order valence-corrected chi connectivity index (χ0v) is 23.4. The summed E-state index contributed by atoms with van der Waals surface area (Å²) in [5.41, 5.74) is 3.07. The van der Waals surface area contributed by atoms with E-state index in [1.807, 2.05) is 23.9 Å². The van der Waals surface area contributed by atoms with E-state index in [0.717, 1.165) is 49.9 Å². The van der Waals surface area contributed by atoms with Crippen molar-refractivity contribution in [2.24, 2.45) is 7.05 Å². The molecule has 6 rings (SSSR count). The van der Waals surface area contributed by atoms with E-state index in [0.29, 0.717) is 35.4 Å². The smallest absolute Gasteiger partial charge is 0.315 e. The maximum absolute atomic E-state index is 13.1. The van der Waals surface area contributed by atoms with Gasteiger partial charge < -0.3 is 31.2 Å². The van der Waals surface area contributed by atoms with Crippen molar-refractivity contribution in [2.45, 2.75) is 63.2 Å². The van der Waals surface area contributed by atoms with Gasteiger partial charge >= 0.3 is 6.03 Å². The first-order valence-electron chi connectivity index (χ1n) is 13.8. The second-order valence-corrected chi connectivity index (χ2v) is 11.0. The number of imidazole rings is 2. The van der Waals surface area contributed by atoms with Crippen molar-refractivity contribution < 1.29 is 9.59 Å². The number of pyridine rings is 1. The monoisotopic (exact) mass is 577 g/mol. The molecule has 0 radical (unpaired) electrons. The molecule has 4 aromatic rings. The van der Waals surface area contributed by atoms with Crippen LogP contribution in [0.1, 0.15) is 54.7 Å². The molecule has 2 aliphatic rings. The van der Waals surface area contributed by atoms with Crippen LogP contribution in [0.5, 0.6) is 0 Å². The average Bonchev–Trinajstić information content (AvgIpc) is 3.49. The van der Waals surface area contributed by atoms with Crippen molar-refractivity contribution in [3.8, 4) is 0 Å². The topological polar surface area (TPSA) is 155 Å². The van der Waals surface area contributed by atoms with Crippen LogP contribution in [0, 0.1) is 0 Å². The summed E-state index contributed by atoms with van der Waals surface area (Å²) in [4.78, 5) is 38.2. The molecule has 214 valence electrons. The van der Waals surface area contributed by atoms with Gasteiger partial charge in [-0.15, -0.1) is 5.10 Å². The first-order valence-corrected chi connectivity index (χ1v) is 14.1. The van der Waals surface area contributed by atoms with E-state index in [1.54, 1.807) is 23.0 Å². The highest BCUT2D eigenvalue weighted by Crippen LogP contribution is 2.30. The van der Waals surface area contributed by atoms with Gasteiger partial charge in [0.1, 0.15) is 11.0 Å². The molecule has 2 fully saturated rings. The summed E-state index contributed by atoms with van der Waals surface area (Å²) < 4.78 is 3.42. The Bertz CT molecular complexity index is 1560. The minimum atomic E-state index is -0.352. The molecule has 0 unspecified atom stereocenters. The third-order valence-electron chi connectivity index (χ3n) is 7.22. The number of hydrogen-bond donors (Lipinski definition) is 5. The zero-order chi connectivity index (χ0) is 28.3. The molecule has 0 bridgehead atoms. The lowest BCUT2D eigenvalue weighted by atomic mass is 9.91. The van der Waals surface area contributed by atoms with Crippen LogP contribution in [0.4, 0.5) is 22.0 Å². The molecular formula is C27H32ClN11O2. The molecule has 0 aromatic carbocycles. The third kappa shape index (κ3) is 6.68. The van der Waals surface area contributed by atoms with Crippen molar-refractivity contribution in [2.75, 3.05) is 16.0 Å². The van der Waals surface area contributed by atoms with Gasteiger partial charge in [0.2, 0.25) is 0 Å². The van der Waals surface area contributed by atoms with Crippen molar-refractivity contribution >= 4 is 46.4 Å². The van der Waals surface area contributed by atoms with Gasteiger partial charge in [0, 0.05) is 49.3 Å². The lowest BCUT2D eigenvalue weighted by Crippen LogP contribution is -2.44. The molecule has 3 amide bonds. The number of anilines is 3. The number of aryl methyl sites for hydroxylation is 1. The summed E-state index contributed by atoms with van der Waals surface area (Å²) in [6.07, 6.45) is 12.3. The van der Waals surface area contributed by atoms with Crippen LogP contribution in [0.2, 0.25) is 5.15 Å². The maximum Gasteiger partial charge on any atom is 0.315 e. The SMILES string of the molecule is Cn1cnc(CNC(=O)NC2CCC(Nc3cc(NC4CC4)c4ncc(C(=O)Nc5ccnc(Cl)c5)n4n3)CC2)c1. The quantitative estimate of drug-likeness (QED) is 0.189. The van der Waals surface area contributed by atoms with Crippen LogP contribution in [0.15, 0.2) is 43.1 Å². The van der Waals surface area contributed by atoms with Crippen LogP contribution >= 0.6 is 11.6 Å². The Balaban J connectivity index is 1.10. The van der Waals surface area contributed by atoms with Gasteiger partial charge in [-0.2, -0.15) is 0 Å². The lowest BCUT2D eigenvalue weighted by molar-refractivity contribution is 0.102. The Labute approximate surface area is 241 Å². The van der Waals surface area contributed by atoms with Gasteiger partial charge in [0.25, 0.3) is 5.91 Å². The Morgan fingerprint density at radius 1 is 1.00 bits per heavy atom. The van der Waals surface area contributed by atoms with Crippen molar-refractivity contribution in [3.05, 3.63) is 59.7 Å². The number of carbonyl (C=O) groups excluding carboxylic acids is 2. The van der Waals surface area contributed by atoms with Gasteiger partial charge in [-0.25, -0.2) is 24.3 Å². The van der Waals surface area contributed by atoms with Gasteiger partial charge in [-0.3, -0.25) is 4.79 Å². The fourth-order valence-corrected chi connectivity index (χ4v) is 5.15. The Morgan fingerprint density at radius 3 is 2.49 bits per heavy atom. The molecule has 5 N–H and O–H groups in total. The molecule has 14 heteroatoms. The van der Waals surface area contributed by atoms with Gasteiger partial charge in [0.05, 0.1) is 30.5 Å². The third-order valence-corrected chi connectivity index (χ3v) is 7.43. The van der Waals surface area contributed by atoms with Gasteiger partial charge in [-0.05, 0) is 50.7 Å².